The highest BCUT2D eigenvalue weighted by Crippen LogP contribution is 2.39. The molecule has 2 aromatic carbocycles. The molecule has 0 unspecified atom stereocenters. The van der Waals surface area contributed by atoms with Crippen LogP contribution in [-0.2, 0) is 0 Å². The Hall–Kier alpha value is -3.75. The molecule has 0 atom stereocenters. The standard InChI is InChI=1S/C30H34N6O2/c1-34-13-15-35(16-14-34)23-9-11-24(12-10-23)36-27-19-32-18-26(31)29(27)30(33-36)21-6-4-7-25(17-21)38-28-8-3-2-5-22(28)20-37/h2-8,17-20,23-24H,9-16,31H2,1H3. The van der Waals surface area contributed by atoms with Gasteiger partial charge in [-0.25, -0.2) is 0 Å². The number of nitrogens with zero attached hydrogens (tertiary/aromatic N) is 5. The number of aromatic nitrogens is 3. The van der Waals surface area contributed by atoms with Crippen LogP contribution in [0.1, 0.15) is 42.1 Å². The minimum atomic E-state index is 0.317. The summed E-state index contributed by atoms with van der Waals surface area (Å²) in [6.45, 7) is 4.64. The molecule has 4 aromatic rings. The Morgan fingerprint density at radius 3 is 2.50 bits per heavy atom. The zero-order chi connectivity index (χ0) is 26.1. The van der Waals surface area contributed by atoms with Gasteiger partial charge in [0.1, 0.15) is 17.2 Å². The van der Waals surface area contributed by atoms with Crippen molar-refractivity contribution in [3.8, 4) is 22.8 Å². The summed E-state index contributed by atoms with van der Waals surface area (Å²) in [7, 11) is 2.21. The van der Waals surface area contributed by atoms with Gasteiger partial charge in [0.2, 0.25) is 0 Å². The molecule has 0 spiro atoms. The van der Waals surface area contributed by atoms with E-state index < -0.39 is 0 Å². The summed E-state index contributed by atoms with van der Waals surface area (Å²) in [5.74, 6) is 1.16. The zero-order valence-electron chi connectivity index (χ0n) is 21.8. The van der Waals surface area contributed by atoms with Gasteiger partial charge >= 0.3 is 0 Å². The summed E-state index contributed by atoms with van der Waals surface area (Å²) in [4.78, 5) is 20.9. The molecule has 8 nitrogen and oxygen atoms in total. The van der Waals surface area contributed by atoms with Gasteiger partial charge in [0, 0.05) is 37.8 Å². The number of piperazine rings is 1. The molecule has 0 amide bonds. The monoisotopic (exact) mass is 510 g/mol. The number of pyridine rings is 1. The van der Waals surface area contributed by atoms with Crippen LogP contribution in [-0.4, -0.2) is 70.1 Å². The Morgan fingerprint density at radius 1 is 0.947 bits per heavy atom. The van der Waals surface area contributed by atoms with Crippen molar-refractivity contribution in [1.29, 1.82) is 0 Å². The molecular formula is C30H34N6O2. The number of aldehydes is 1. The van der Waals surface area contributed by atoms with Gasteiger partial charge in [0.25, 0.3) is 0 Å². The predicted octanol–water partition coefficient (Wildman–Crippen LogP) is 5.02. The van der Waals surface area contributed by atoms with Gasteiger partial charge < -0.3 is 15.4 Å². The van der Waals surface area contributed by atoms with E-state index in [2.05, 4.69) is 26.5 Å². The maximum absolute atomic E-state index is 11.4. The molecule has 1 saturated carbocycles. The van der Waals surface area contributed by atoms with E-state index in [0.29, 0.717) is 34.8 Å². The number of anilines is 1. The number of carbonyl (C=O) groups is 1. The van der Waals surface area contributed by atoms with Gasteiger partial charge in [-0.15, -0.1) is 0 Å². The van der Waals surface area contributed by atoms with E-state index in [1.807, 2.05) is 42.6 Å². The Balaban J connectivity index is 1.28. The second-order valence-corrected chi connectivity index (χ2v) is 10.5. The molecule has 2 aliphatic rings. The fourth-order valence-electron chi connectivity index (χ4n) is 5.95. The second-order valence-electron chi connectivity index (χ2n) is 10.5. The highest BCUT2D eigenvalue weighted by atomic mass is 16.5. The van der Waals surface area contributed by atoms with Crippen LogP contribution in [0.3, 0.4) is 0 Å². The van der Waals surface area contributed by atoms with Crippen LogP contribution in [0.25, 0.3) is 22.2 Å². The first-order chi connectivity index (χ1) is 18.6. The van der Waals surface area contributed by atoms with Crippen LogP contribution in [0.4, 0.5) is 5.69 Å². The fourth-order valence-corrected chi connectivity index (χ4v) is 5.95. The summed E-state index contributed by atoms with van der Waals surface area (Å²) in [6, 6.07) is 16.0. The third-order valence-electron chi connectivity index (χ3n) is 8.09. The Kier molecular flexibility index (Phi) is 6.82. The summed E-state index contributed by atoms with van der Waals surface area (Å²) in [5, 5.41) is 6.06. The minimum Gasteiger partial charge on any atom is -0.457 e. The van der Waals surface area contributed by atoms with Crippen molar-refractivity contribution in [3.05, 3.63) is 66.5 Å². The van der Waals surface area contributed by atoms with Crippen LogP contribution in [0.5, 0.6) is 11.5 Å². The molecule has 0 radical (unpaired) electrons. The van der Waals surface area contributed by atoms with Crippen molar-refractivity contribution < 1.29 is 9.53 Å². The van der Waals surface area contributed by atoms with Gasteiger partial charge in [-0.1, -0.05) is 24.3 Å². The molecule has 2 N–H and O–H groups in total. The lowest BCUT2D eigenvalue weighted by Gasteiger charge is -2.41. The zero-order valence-corrected chi connectivity index (χ0v) is 21.8. The summed E-state index contributed by atoms with van der Waals surface area (Å²) >= 11 is 0. The molecule has 38 heavy (non-hydrogen) atoms. The number of nitrogens with two attached hydrogens (primary N) is 1. The smallest absolute Gasteiger partial charge is 0.153 e. The first-order valence-corrected chi connectivity index (χ1v) is 13.5. The fraction of sp³-hybridized carbons (Fsp3) is 0.367. The largest absolute Gasteiger partial charge is 0.457 e. The van der Waals surface area contributed by atoms with E-state index in [4.69, 9.17) is 15.6 Å². The molecule has 1 aliphatic carbocycles. The lowest BCUT2D eigenvalue weighted by atomic mass is 9.89. The summed E-state index contributed by atoms with van der Waals surface area (Å²) in [6.07, 6.45) is 8.93. The molecule has 6 rings (SSSR count). The maximum Gasteiger partial charge on any atom is 0.153 e. The van der Waals surface area contributed by atoms with Crippen LogP contribution in [0, 0.1) is 0 Å². The number of benzene rings is 2. The van der Waals surface area contributed by atoms with Crippen molar-refractivity contribution in [2.75, 3.05) is 39.0 Å². The lowest BCUT2D eigenvalue weighted by molar-refractivity contribution is 0.0816. The highest BCUT2D eigenvalue weighted by molar-refractivity contribution is 6.01. The van der Waals surface area contributed by atoms with E-state index in [9.17, 15) is 4.79 Å². The quantitative estimate of drug-likeness (QED) is 0.365. The number of hydrogen-bond acceptors (Lipinski definition) is 7. The van der Waals surface area contributed by atoms with Crippen molar-refractivity contribution in [2.45, 2.75) is 37.8 Å². The van der Waals surface area contributed by atoms with Crippen molar-refractivity contribution in [2.24, 2.45) is 0 Å². The van der Waals surface area contributed by atoms with E-state index >= 15 is 0 Å². The number of fused-ring (bicyclic) bond motifs is 1. The van der Waals surface area contributed by atoms with E-state index in [-0.39, 0.29) is 0 Å². The molecule has 1 saturated heterocycles. The molecular weight excluding hydrogens is 476 g/mol. The Morgan fingerprint density at radius 2 is 1.71 bits per heavy atom. The third kappa shape index (κ3) is 4.77. The molecule has 1 aliphatic heterocycles. The van der Waals surface area contributed by atoms with Crippen molar-refractivity contribution >= 4 is 22.9 Å². The predicted molar refractivity (Wildman–Crippen MR) is 150 cm³/mol. The number of para-hydroxylation sites is 1. The molecule has 2 fully saturated rings. The lowest BCUT2D eigenvalue weighted by Crippen LogP contribution is -2.49. The number of nitrogen functional groups attached to an aromatic ring is 1. The second kappa shape index (κ2) is 10.6. The number of carbonyl (C=O) groups excluding carboxylic acids is 1. The van der Waals surface area contributed by atoms with E-state index in [1.165, 1.54) is 12.8 Å². The normalized spacial score (nSPS) is 21.0. The van der Waals surface area contributed by atoms with Gasteiger partial charge in [-0.2, -0.15) is 5.10 Å². The number of hydrogen-bond donors (Lipinski definition) is 1. The van der Waals surface area contributed by atoms with E-state index in [1.54, 1.807) is 18.3 Å². The summed E-state index contributed by atoms with van der Waals surface area (Å²) in [5.41, 5.74) is 10.3. The average Bonchev–Trinajstić information content (AvgIpc) is 3.35. The van der Waals surface area contributed by atoms with Crippen LogP contribution in [0.15, 0.2) is 60.9 Å². The van der Waals surface area contributed by atoms with Crippen LogP contribution < -0.4 is 10.5 Å². The number of rotatable bonds is 6. The van der Waals surface area contributed by atoms with Gasteiger partial charge in [-0.3, -0.25) is 19.4 Å². The van der Waals surface area contributed by atoms with Gasteiger partial charge in [-0.05, 0) is 57.0 Å². The first-order valence-electron chi connectivity index (χ1n) is 13.5. The van der Waals surface area contributed by atoms with Gasteiger partial charge in [0.15, 0.2) is 6.29 Å². The van der Waals surface area contributed by atoms with Crippen molar-refractivity contribution in [1.82, 2.24) is 24.6 Å². The topological polar surface area (TPSA) is 89.5 Å². The number of likely N-dealkylation sites (N-methyl/N-ethyl adjacent to an activating group) is 1. The molecule has 8 heteroatoms. The van der Waals surface area contributed by atoms with Crippen LogP contribution >= 0.6 is 0 Å². The minimum absolute atomic E-state index is 0.317. The summed E-state index contributed by atoms with van der Waals surface area (Å²) < 4.78 is 8.24. The van der Waals surface area contributed by atoms with Crippen LogP contribution in [0.2, 0.25) is 0 Å². The van der Waals surface area contributed by atoms with E-state index in [0.717, 1.165) is 67.5 Å². The van der Waals surface area contributed by atoms with Gasteiger partial charge in [0.05, 0.1) is 40.6 Å². The van der Waals surface area contributed by atoms with Crippen molar-refractivity contribution in [3.63, 3.8) is 0 Å². The SMILES string of the molecule is CN1CCN(C2CCC(n3nc(-c4cccc(Oc5ccccc5C=O)c4)c4c(N)cncc43)CC2)CC1. The highest BCUT2D eigenvalue weighted by Gasteiger charge is 2.30. The Labute approximate surface area is 223 Å². The number of ether oxygens (including phenoxy) is 1. The Bertz CT molecular complexity index is 1430. The maximum atomic E-state index is 11.4. The molecule has 0 bridgehead atoms. The third-order valence-corrected chi connectivity index (χ3v) is 8.09. The molecule has 3 heterocycles. The molecule has 2 aromatic heterocycles. The average molecular weight is 511 g/mol. The molecule has 196 valence electrons. The first kappa shape index (κ1) is 24.6.